The van der Waals surface area contributed by atoms with Crippen LogP contribution in [0, 0.1) is 0 Å². The van der Waals surface area contributed by atoms with Crippen molar-refractivity contribution in [1.29, 1.82) is 0 Å². The standard InChI is InChI=1S/C22H21ClN2O3/c1-28-18-8-4-3-7-17(18)19-20(24-13-5-2-6-14-24)22(27)25(21(19)26)16-11-9-15(23)10-12-16/h3-4,7-12H,2,5-6,13-14H2,1H3. The van der Waals surface area contributed by atoms with Gasteiger partial charge in [-0.2, -0.15) is 0 Å². The molecule has 28 heavy (non-hydrogen) atoms. The zero-order valence-corrected chi connectivity index (χ0v) is 16.4. The highest BCUT2D eigenvalue weighted by atomic mass is 35.5. The molecule has 0 N–H and O–H groups in total. The molecule has 1 fully saturated rings. The van der Waals surface area contributed by atoms with Gasteiger partial charge < -0.3 is 9.64 Å². The molecule has 5 nitrogen and oxygen atoms in total. The van der Waals surface area contributed by atoms with E-state index in [1.165, 1.54) is 4.90 Å². The van der Waals surface area contributed by atoms with Crippen LogP contribution >= 0.6 is 11.6 Å². The molecule has 0 saturated carbocycles. The Balaban J connectivity index is 1.86. The fraction of sp³-hybridized carbons (Fsp3) is 0.273. The van der Waals surface area contributed by atoms with Gasteiger partial charge in [0.15, 0.2) is 0 Å². The van der Waals surface area contributed by atoms with E-state index in [0.29, 0.717) is 33.3 Å². The first-order valence-corrected chi connectivity index (χ1v) is 9.76. The van der Waals surface area contributed by atoms with Gasteiger partial charge in [-0.15, -0.1) is 0 Å². The lowest BCUT2D eigenvalue weighted by atomic mass is 10.0. The number of methoxy groups -OCH3 is 1. The Labute approximate surface area is 169 Å². The normalized spacial score (nSPS) is 17.5. The molecule has 0 spiro atoms. The van der Waals surface area contributed by atoms with Gasteiger partial charge in [0.05, 0.1) is 18.4 Å². The second-order valence-corrected chi connectivity index (χ2v) is 7.33. The van der Waals surface area contributed by atoms with Crippen LogP contribution in [0.2, 0.25) is 5.02 Å². The number of benzene rings is 2. The summed E-state index contributed by atoms with van der Waals surface area (Å²) in [5, 5.41) is 0.553. The van der Waals surface area contributed by atoms with E-state index in [4.69, 9.17) is 16.3 Å². The number of carbonyl (C=O) groups excluding carboxylic acids is 2. The summed E-state index contributed by atoms with van der Waals surface area (Å²) >= 11 is 5.98. The predicted molar refractivity (Wildman–Crippen MR) is 109 cm³/mol. The second kappa shape index (κ2) is 7.68. The summed E-state index contributed by atoms with van der Waals surface area (Å²) in [7, 11) is 1.57. The first-order valence-electron chi connectivity index (χ1n) is 9.39. The number of imide groups is 1. The lowest BCUT2D eigenvalue weighted by Crippen LogP contribution is -2.37. The van der Waals surface area contributed by atoms with E-state index in [0.717, 1.165) is 32.4 Å². The minimum Gasteiger partial charge on any atom is -0.496 e. The monoisotopic (exact) mass is 396 g/mol. The molecule has 2 heterocycles. The van der Waals surface area contributed by atoms with Crippen molar-refractivity contribution < 1.29 is 14.3 Å². The number of carbonyl (C=O) groups is 2. The molecule has 2 aliphatic heterocycles. The third kappa shape index (κ3) is 3.16. The molecule has 0 unspecified atom stereocenters. The van der Waals surface area contributed by atoms with Gasteiger partial charge in [0.25, 0.3) is 11.8 Å². The summed E-state index contributed by atoms with van der Waals surface area (Å²) in [6, 6.07) is 14.1. The van der Waals surface area contributed by atoms with Crippen LogP contribution in [0.4, 0.5) is 5.69 Å². The van der Waals surface area contributed by atoms with E-state index < -0.39 is 0 Å². The molecule has 2 amide bonds. The largest absolute Gasteiger partial charge is 0.496 e. The Hall–Kier alpha value is -2.79. The minimum absolute atomic E-state index is 0.296. The summed E-state index contributed by atoms with van der Waals surface area (Å²) in [4.78, 5) is 30.2. The van der Waals surface area contributed by atoms with Gasteiger partial charge in [0, 0.05) is 23.7 Å². The fourth-order valence-corrected chi connectivity index (χ4v) is 3.97. The van der Waals surface area contributed by atoms with E-state index in [1.807, 2.05) is 23.1 Å². The lowest BCUT2D eigenvalue weighted by Gasteiger charge is -2.29. The Morgan fingerprint density at radius 3 is 2.25 bits per heavy atom. The smallest absolute Gasteiger partial charge is 0.282 e. The SMILES string of the molecule is COc1ccccc1C1=C(N2CCCCC2)C(=O)N(c2ccc(Cl)cc2)C1=O. The molecule has 0 aliphatic carbocycles. The van der Waals surface area contributed by atoms with Gasteiger partial charge >= 0.3 is 0 Å². The summed E-state index contributed by atoms with van der Waals surface area (Å²) in [5.41, 5.74) is 2.02. The molecule has 144 valence electrons. The Kier molecular flexibility index (Phi) is 5.09. The number of halogens is 1. The number of piperidine rings is 1. The lowest BCUT2D eigenvalue weighted by molar-refractivity contribution is -0.120. The highest BCUT2D eigenvalue weighted by molar-refractivity contribution is 6.45. The van der Waals surface area contributed by atoms with E-state index in [2.05, 4.69) is 0 Å². The van der Waals surface area contributed by atoms with Gasteiger partial charge in [-0.05, 0) is 49.6 Å². The Morgan fingerprint density at radius 1 is 0.893 bits per heavy atom. The molecule has 1 saturated heterocycles. The summed E-state index contributed by atoms with van der Waals surface area (Å²) < 4.78 is 5.48. The highest BCUT2D eigenvalue weighted by Gasteiger charge is 2.43. The van der Waals surface area contributed by atoms with Crippen molar-refractivity contribution in [3.63, 3.8) is 0 Å². The summed E-state index contributed by atoms with van der Waals surface area (Å²) in [6.07, 6.45) is 3.15. The summed E-state index contributed by atoms with van der Waals surface area (Å²) in [6.45, 7) is 1.53. The predicted octanol–water partition coefficient (Wildman–Crippen LogP) is 4.12. The first kappa shape index (κ1) is 18.6. The van der Waals surface area contributed by atoms with Crippen molar-refractivity contribution in [2.45, 2.75) is 19.3 Å². The van der Waals surface area contributed by atoms with E-state index in [9.17, 15) is 9.59 Å². The van der Waals surface area contributed by atoms with E-state index >= 15 is 0 Å². The van der Waals surface area contributed by atoms with Crippen LogP contribution in [0.1, 0.15) is 24.8 Å². The van der Waals surface area contributed by atoms with E-state index in [1.54, 1.807) is 37.4 Å². The van der Waals surface area contributed by atoms with Crippen molar-refractivity contribution in [3.8, 4) is 5.75 Å². The number of hydrogen-bond acceptors (Lipinski definition) is 4. The third-order valence-electron chi connectivity index (χ3n) is 5.19. The maximum atomic E-state index is 13.5. The number of rotatable bonds is 4. The average Bonchev–Trinajstić information content (AvgIpc) is 2.99. The molecule has 4 rings (SSSR count). The number of ether oxygens (including phenoxy) is 1. The number of nitrogens with zero attached hydrogens (tertiary/aromatic N) is 2. The van der Waals surface area contributed by atoms with Crippen LogP contribution in [0.25, 0.3) is 5.57 Å². The van der Waals surface area contributed by atoms with Crippen LogP contribution in [0.3, 0.4) is 0 Å². The molecule has 0 radical (unpaired) electrons. The average molecular weight is 397 g/mol. The van der Waals surface area contributed by atoms with Crippen molar-refractivity contribution in [3.05, 3.63) is 64.8 Å². The number of hydrogen-bond donors (Lipinski definition) is 0. The molecular weight excluding hydrogens is 376 g/mol. The number of para-hydroxylation sites is 1. The van der Waals surface area contributed by atoms with Crippen LogP contribution in [-0.2, 0) is 9.59 Å². The molecule has 0 aromatic heterocycles. The first-order chi connectivity index (χ1) is 13.6. The minimum atomic E-state index is -0.336. The zero-order chi connectivity index (χ0) is 19.7. The number of amides is 2. The Bertz CT molecular complexity index is 947. The molecule has 2 aromatic rings. The maximum absolute atomic E-state index is 13.5. The van der Waals surface area contributed by atoms with Crippen molar-refractivity contribution in [1.82, 2.24) is 4.90 Å². The zero-order valence-electron chi connectivity index (χ0n) is 15.7. The molecule has 6 heteroatoms. The molecule has 0 bridgehead atoms. The van der Waals surface area contributed by atoms with Crippen molar-refractivity contribution in [2.75, 3.05) is 25.1 Å². The Morgan fingerprint density at radius 2 is 1.57 bits per heavy atom. The fourth-order valence-electron chi connectivity index (χ4n) is 3.85. The molecular formula is C22H21ClN2O3. The number of anilines is 1. The molecule has 2 aromatic carbocycles. The van der Waals surface area contributed by atoms with Crippen molar-refractivity contribution >= 4 is 34.7 Å². The van der Waals surface area contributed by atoms with Crippen LogP contribution < -0.4 is 9.64 Å². The topological polar surface area (TPSA) is 49.9 Å². The molecule has 2 aliphatic rings. The van der Waals surface area contributed by atoms with Gasteiger partial charge in [0.2, 0.25) is 0 Å². The maximum Gasteiger partial charge on any atom is 0.282 e. The number of likely N-dealkylation sites (tertiary alicyclic amines) is 1. The highest BCUT2D eigenvalue weighted by Crippen LogP contribution is 2.39. The van der Waals surface area contributed by atoms with Gasteiger partial charge in [-0.3, -0.25) is 9.59 Å². The van der Waals surface area contributed by atoms with Crippen LogP contribution in [-0.4, -0.2) is 36.9 Å². The van der Waals surface area contributed by atoms with E-state index in [-0.39, 0.29) is 11.8 Å². The van der Waals surface area contributed by atoms with Gasteiger partial charge in [-0.1, -0.05) is 29.8 Å². The third-order valence-corrected chi connectivity index (χ3v) is 5.44. The van der Waals surface area contributed by atoms with Crippen LogP contribution in [0.15, 0.2) is 54.2 Å². The second-order valence-electron chi connectivity index (χ2n) is 6.89. The van der Waals surface area contributed by atoms with Gasteiger partial charge in [-0.25, -0.2) is 4.90 Å². The van der Waals surface area contributed by atoms with Crippen molar-refractivity contribution in [2.24, 2.45) is 0 Å². The quantitative estimate of drug-likeness (QED) is 0.729. The molecule has 0 atom stereocenters. The summed E-state index contributed by atoms with van der Waals surface area (Å²) in [5.74, 6) is -0.0568. The van der Waals surface area contributed by atoms with Crippen LogP contribution in [0.5, 0.6) is 5.75 Å². The van der Waals surface area contributed by atoms with Gasteiger partial charge in [0.1, 0.15) is 11.4 Å².